The van der Waals surface area contributed by atoms with Crippen LogP contribution in [0.2, 0.25) is 0 Å². The molecule has 5 unspecified atom stereocenters. The van der Waals surface area contributed by atoms with Crippen molar-refractivity contribution in [2.75, 3.05) is 0 Å². The highest BCUT2D eigenvalue weighted by Crippen LogP contribution is 2.39. The summed E-state index contributed by atoms with van der Waals surface area (Å²) in [6, 6.07) is 3.05. The molecule has 100 valence electrons. The van der Waals surface area contributed by atoms with Crippen LogP contribution >= 0.6 is 0 Å². The van der Waals surface area contributed by atoms with Gasteiger partial charge < -0.3 is 10.5 Å². The van der Waals surface area contributed by atoms with Gasteiger partial charge in [-0.05, 0) is 37.5 Å². The molecule has 1 aromatic carbocycles. The molecule has 2 N–H and O–H groups in total. The van der Waals surface area contributed by atoms with Gasteiger partial charge >= 0.3 is 0 Å². The maximum atomic E-state index is 13.2. The van der Waals surface area contributed by atoms with Crippen LogP contribution in [0.1, 0.15) is 32.4 Å². The van der Waals surface area contributed by atoms with Gasteiger partial charge in [-0.15, -0.1) is 0 Å². The second-order valence-electron chi connectivity index (χ2n) is 5.21. The van der Waals surface area contributed by atoms with Crippen molar-refractivity contribution in [1.29, 1.82) is 0 Å². The largest absolute Gasteiger partial charge is 0.375 e. The number of ether oxygens (including phenoxy) is 1. The van der Waals surface area contributed by atoms with Crippen LogP contribution in [0.15, 0.2) is 18.2 Å². The van der Waals surface area contributed by atoms with Crippen LogP contribution < -0.4 is 5.73 Å². The normalized spacial score (nSPS) is 33.7. The van der Waals surface area contributed by atoms with Gasteiger partial charge in [0.1, 0.15) is 11.6 Å². The molecule has 1 heterocycles. The summed E-state index contributed by atoms with van der Waals surface area (Å²) in [6.07, 6.45) is 0.116. The summed E-state index contributed by atoms with van der Waals surface area (Å²) in [5, 5.41) is 0. The van der Waals surface area contributed by atoms with Crippen LogP contribution in [0.4, 0.5) is 8.78 Å². The maximum absolute atomic E-state index is 13.2. The van der Waals surface area contributed by atoms with Gasteiger partial charge in [-0.3, -0.25) is 0 Å². The molecular weight excluding hydrogens is 236 g/mol. The molecule has 1 fully saturated rings. The zero-order valence-electron chi connectivity index (χ0n) is 10.9. The molecule has 4 heteroatoms. The van der Waals surface area contributed by atoms with Gasteiger partial charge in [0.2, 0.25) is 0 Å². The predicted molar refractivity (Wildman–Crippen MR) is 65.9 cm³/mol. The predicted octanol–water partition coefficient (Wildman–Crippen LogP) is 3.02. The van der Waals surface area contributed by atoms with Gasteiger partial charge in [0, 0.05) is 18.0 Å². The van der Waals surface area contributed by atoms with Gasteiger partial charge in [-0.1, -0.05) is 6.92 Å². The summed E-state index contributed by atoms with van der Waals surface area (Å²) in [4.78, 5) is 0. The molecule has 0 aromatic heterocycles. The molecule has 1 saturated heterocycles. The topological polar surface area (TPSA) is 35.2 Å². The van der Waals surface area contributed by atoms with Crippen LogP contribution in [0.5, 0.6) is 0 Å². The molecule has 0 aliphatic carbocycles. The van der Waals surface area contributed by atoms with Gasteiger partial charge in [-0.2, -0.15) is 0 Å². The van der Waals surface area contributed by atoms with Gasteiger partial charge in [-0.25, -0.2) is 8.78 Å². The number of halogens is 2. The summed E-state index contributed by atoms with van der Waals surface area (Å²) >= 11 is 0. The average molecular weight is 255 g/mol. The molecule has 0 saturated carbocycles. The fraction of sp³-hybridized carbons (Fsp3) is 0.571. The quantitative estimate of drug-likeness (QED) is 0.881. The lowest BCUT2D eigenvalue weighted by atomic mass is 9.81. The highest BCUT2D eigenvalue weighted by atomic mass is 19.1. The van der Waals surface area contributed by atoms with Crippen molar-refractivity contribution in [3.05, 3.63) is 35.4 Å². The van der Waals surface area contributed by atoms with Crippen molar-refractivity contribution in [2.45, 2.75) is 39.0 Å². The fourth-order valence-corrected chi connectivity index (χ4v) is 2.90. The number of rotatable bonds is 2. The number of nitrogens with two attached hydrogens (primary N) is 1. The van der Waals surface area contributed by atoms with Crippen molar-refractivity contribution in [1.82, 2.24) is 0 Å². The molecule has 2 rings (SSSR count). The van der Waals surface area contributed by atoms with E-state index in [1.54, 1.807) is 0 Å². The first-order valence-electron chi connectivity index (χ1n) is 6.27. The first-order valence-corrected chi connectivity index (χ1v) is 6.27. The molecule has 1 aliphatic rings. The van der Waals surface area contributed by atoms with Crippen molar-refractivity contribution < 1.29 is 13.5 Å². The van der Waals surface area contributed by atoms with Crippen LogP contribution in [0.3, 0.4) is 0 Å². The van der Waals surface area contributed by atoms with Gasteiger partial charge in [0.05, 0.1) is 12.2 Å². The SMILES string of the molecule is CC1OC(C)C(C(N)c2cc(F)cc(F)c2)C1C. The van der Waals surface area contributed by atoms with Crippen LogP contribution in [0.25, 0.3) is 0 Å². The van der Waals surface area contributed by atoms with Gasteiger partial charge in [0.15, 0.2) is 0 Å². The Balaban J connectivity index is 2.28. The van der Waals surface area contributed by atoms with E-state index in [4.69, 9.17) is 10.5 Å². The zero-order chi connectivity index (χ0) is 13.4. The van der Waals surface area contributed by atoms with E-state index in [1.807, 2.05) is 13.8 Å². The van der Waals surface area contributed by atoms with E-state index >= 15 is 0 Å². The molecule has 0 radical (unpaired) electrons. The third-order valence-corrected chi connectivity index (χ3v) is 4.00. The highest BCUT2D eigenvalue weighted by Gasteiger charge is 2.40. The Morgan fingerprint density at radius 1 is 1.06 bits per heavy atom. The Morgan fingerprint density at radius 3 is 2.06 bits per heavy atom. The maximum Gasteiger partial charge on any atom is 0.126 e. The van der Waals surface area contributed by atoms with Crippen molar-refractivity contribution in [3.8, 4) is 0 Å². The lowest BCUT2D eigenvalue weighted by Gasteiger charge is -2.26. The minimum atomic E-state index is -0.590. The third kappa shape index (κ3) is 2.40. The molecule has 0 amide bonds. The van der Waals surface area contributed by atoms with Crippen molar-refractivity contribution in [2.24, 2.45) is 17.6 Å². The highest BCUT2D eigenvalue weighted by molar-refractivity contribution is 5.22. The Kier molecular flexibility index (Phi) is 3.69. The van der Waals surface area contributed by atoms with Crippen LogP contribution in [0, 0.1) is 23.5 Å². The second kappa shape index (κ2) is 4.94. The molecule has 0 bridgehead atoms. The summed E-state index contributed by atoms with van der Waals surface area (Å²) in [7, 11) is 0. The lowest BCUT2D eigenvalue weighted by Crippen LogP contribution is -2.30. The van der Waals surface area contributed by atoms with Crippen LogP contribution in [-0.4, -0.2) is 12.2 Å². The minimum absolute atomic E-state index is 0.00340. The number of hydrogen-bond acceptors (Lipinski definition) is 2. The van der Waals surface area contributed by atoms with Gasteiger partial charge in [0.25, 0.3) is 0 Å². The summed E-state index contributed by atoms with van der Waals surface area (Å²) < 4.78 is 32.2. The van der Waals surface area contributed by atoms with E-state index in [2.05, 4.69) is 6.92 Å². The molecule has 1 aliphatic heterocycles. The fourth-order valence-electron chi connectivity index (χ4n) is 2.90. The molecular formula is C14H19F2NO. The van der Waals surface area contributed by atoms with Crippen molar-refractivity contribution >= 4 is 0 Å². The average Bonchev–Trinajstić information content (AvgIpc) is 2.51. The summed E-state index contributed by atoms with van der Waals surface area (Å²) in [6.45, 7) is 6.02. The first-order chi connectivity index (χ1) is 8.40. The second-order valence-corrected chi connectivity index (χ2v) is 5.21. The Labute approximate surface area is 106 Å². The van der Waals surface area contributed by atoms with Crippen LogP contribution in [-0.2, 0) is 4.74 Å². The third-order valence-electron chi connectivity index (χ3n) is 4.00. The number of benzene rings is 1. The standard InChI is InChI=1S/C14H19F2NO/c1-7-8(2)18-9(3)13(7)14(17)10-4-11(15)6-12(16)5-10/h4-9,13-14H,17H2,1-3H3. The first kappa shape index (κ1) is 13.4. The van der Waals surface area contributed by atoms with Crippen molar-refractivity contribution in [3.63, 3.8) is 0 Å². The minimum Gasteiger partial charge on any atom is -0.375 e. The Bertz CT molecular complexity index is 418. The molecule has 1 aromatic rings. The molecule has 5 atom stereocenters. The lowest BCUT2D eigenvalue weighted by molar-refractivity contribution is 0.0489. The smallest absolute Gasteiger partial charge is 0.126 e. The zero-order valence-corrected chi connectivity index (χ0v) is 10.9. The summed E-state index contributed by atoms with van der Waals surface area (Å²) in [5.41, 5.74) is 6.66. The van der Waals surface area contributed by atoms with E-state index in [1.165, 1.54) is 12.1 Å². The number of hydrogen-bond donors (Lipinski definition) is 1. The Hall–Kier alpha value is -1.00. The Morgan fingerprint density at radius 2 is 1.61 bits per heavy atom. The van der Waals surface area contributed by atoms with E-state index < -0.39 is 17.7 Å². The molecule has 2 nitrogen and oxygen atoms in total. The molecule has 18 heavy (non-hydrogen) atoms. The summed E-state index contributed by atoms with van der Waals surface area (Å²) in [5.74, 6) is -0.844. The van der Waals surface area contributed by atoms with E-state index in [-0.39, 0.29) is 24.0 Å². The van der Waals surface area contributed by atoms with E-state index in [0.717, 1.165) is 6.07 Å². The monoisotopic (exact) mass is 255 g/mol. The van der Waals surface area contributed by atoms with E-state index in [0.29, 0.717) is 5.56 Å². The van der Waals surface area contributed by atoms with E-state index in [9.17, 15) is 8.78 Å². The molecule has 0 spiro atoms.